The number of esters is 1. The van der Waals surface area contributed by atoms with Crippen molar-refractivity contribution in [3.63, 3.8) is 0 Å². The number of alkyl halides is 1. The van der Waals surface area contributed by atoms with Crippen molar-refractivity contribution in [2.75, 3.05) is 13.7 Å². The van der Waals surface area contributed by atoms with Gasteiger partial charge in [-0.25, -0.2) is 14.0 Å². The molecule has 1 saturated carbocycles. The summed E-state index contributed by atoms with van der Waals surface area (Å²) in [5.74, 6) is -1.37. The number of hydrogen-bond acceptors (Lipinski definition) is 4. The van der Waals surface area contributed by atoms with Gasteiger partial charge in [0.2, 0.25) is 0 Å². The molecule has 0 N–H and O–H groups in total. The quantitative estimate of drug-likeness (QED) is 0.551. The third-order valence-electron chi connectivity index (χ3n) is 4.91. The highest BCUT2D eigenvalue weighted by Gasteiger charge is 2.68. The van der Waals surface area contributed by atoms with Crippen LogP contribution in [0.15, 0.2) is 12.2 Å². The van der Waals surface area contributed by atoms with Gasteiger partial charge in [0.25, 0.3) is 0 Å². The molecule has 0 aromatic carbocycles. The molecule has 1 aliphatic heterocycles. The summed E-state index contributed by atoms with van der Waals surface area (Å²) in [7, 11) is 1.26. The standard InChI is InChI=1S/C16H22FNO4/c1-15(2,3)22-14(20)18-8-16(17)10-6-5-9(7-10)11(16)12(18)13(19)21-4/h5-6,9-12H,7-8H2,1-4H3/t9-,10+,11+,12-,16-/m0/s1. The van der Waals surface area contributed by atoms with Crippen LogP contribution in [-0.2, 0) is 14.3 Å². The molecule has 0 unspecified atom stereocenters. The van der Waals surface area contributed by atoms with Crippen molar-refractivity contribution in [2.45, 2.75) is 44.5 Å². The molecule has 1 saturated heterocycles. The Morgan fingerprint density at radius 3 is 2.59 bits per heavy atom. The summed E-state index contributed by atoms with van der Waals surface area (Å²) in [6.45, 7) is 5.11. The first-order valence-corrected chi connectivity index (χ1v) is 7.62. The van der Waals surface area contributed by atoms with E-state index in [1.165, 1.54) is 12.0 Å². The normalized spacial score (nSPS) is 39.0. The Hall–Kier alpha value is -1.59. The second-order valence-corrected chi connectivity index (χ2v) is 7.42. The maximum Gasteiger partial charge on any atom is 0.411 e. The van der Waals surface area contributed by atoms with E-state index >= 15 is 4.39 Å². The van der Waals surface area contributed by atoms with Crippen LogP contribution < -0.4 is 0 Å². The lowest BCUT2D eigenvalue weighted by Gasteiger charge is -2.29. The molecule has 5 atom stereocenters. The Labute approximate surface area is 129 Å². The molecule has 0 aromatic rings. The van der Waals surface area contributed by atoms with Crippen LogP contribution in [0.3, 0.4) is 0 Å². The summed E-state index contributed by atoms with van der Waals surface area (Å²) < 4.78 is 25.6. The van der Waals surface area contributed by atoms with Gasteiger partial charge in [-0.15, -0.1) is 0 Å². The maximum atomic E-state index is 15.5. The van der Waals surface area contributed by atoms with Gasteiger partial charge in [-0.3, -0.25) is 4.90 Å². The van der Waals surface area contributed by atoms with Gasteiger partial charge in [-0.05, 0) is 33.1 Å². The summed E-state index contributed by atoms with van der Waals surface area (Å²) in [5.41, 5.74) is -2.26. The van der Waals surface area contributed by atoms with Crippen LogP contribution in [-0.4, -0.2) is 47.9 Å². The highest BCUT2D eigenvalue weighted by Crippen LogP contribution is 2.58. The third kappa shape index (κ3) is 2.11. The average Bonchev–Trinajstić information content (AvgIpc) is 3.04. The molecule has 6 heteroatoms. The molecule has 3 rings (SSSR count). The lowest BCUT2D eigenvalue weighted by molar-refractivity contribution is -0.147. The first-order valence-electron chi connectivity index (χ1n) is 7.62. The minimum atomic E-state index is -1.56. The number of carbonyl (C=O) groups is 2. The Morgan fingerprint density at radius 1 is 1.32 bits per heavy atom. The van der Waals surface area contributed by atoms with Crippen LogP contribution in [0.2, 0.25) is 0 Å². The number of halogens is 1. The second-order valence-electron chi connectivity index (χ2n) is 7.42. The van der Waals surface area contributed by atoms with Gasteiger partial charge in [0.05, 0.1) is 13.7 Å². The second kappa shape index (κ2) is 4.70. The number of amides is 1. The maximum absolute atomic E-state index is 15.5. The molecule has 2 fully saturated rings. The number of likely N-dealkylation sites (tertiary alicyclic amines) is 1. The van der Waals surface area contributed by atoms with Crippen molar-refractivity contribution in [1.82, 2.24) is 4.90 Å². The molecule has 0 spiro atoms. The Balaban J connectivity index is 1.91. The van der Waals surface area contributed by atoms with E-state index < -0.39 is 35.3 Å². The molecule has 122 valence electrons. The molecule has 0 aromatic heterocycles. The van der Waals surface area contributed by atoms with Crippen LogP contribution in [0.5, 0.6) is 0 Å². The fourth-order valence-corrected chi connectivity index (χ4v) is 4.12. The number of rotatable bonds is 1. The van der Waals surface area contributed by atoms with E-state index in [9.17, 15) is 9.59 Å². The van der Waals surface area contributed by atoms with E-state index in [-0.39, 0.29) is 18.4 Å². The largest absolute Gasteiger partial charge is 0.467 e. The van der Waals surface area contributed by atoms with Gasteiger partial charge in [-0.2, -0.15) is 0 Å². The topological polar surface area (TPSA) is 55.8 Å². The van der Waals surface area contributed by atoms with Crippen molar-refractivity contribution < 1.29 is 23.5 Å². The molecular formula is C16H22FNO4. The van der Waals surface area contributed by atoms with Gasteiger partial charge < -0.3 is 9.47 Å². The van der Waals surface area contributed by atoms with Crippen LogP contribution in [0.4, 0.5) is 9.18 Å². The smallest absolute Gasteiger partial charge is 0.411 e. The molecule has 5 nitrogen and oxygen atoms in total. The monoisotopic (exact) mass is 311 g/mol. The van der Waals surface area contributed by atoms with E-state index in [1.807, 2.05) is 12.2 Å². The Bertz CT molecular complexity index is 541. The van der Waals surface area contributed by atoms with Crippen LogP contribution in [0, 0.1) is 17.8 Å². The van der Waals surface area contributed by atoms with Crippen molar-refractivity contribution >= 4 is 12.1 Å². The summed E-state index contributed by atoms with van der Waals surface area (Å²) >= 11 is 0. The van der Waals surface area contributed by atoms with Crippen molar-refractivity contribution in [3.8, 4) is 0 Å². The molecule has 0 radical (unpaired) electrons. The van der Waals surface area contributed by atoms with E-state index in [4.69, 9.17) is 9.47 Å². The number of carbonyl (C=O) groups excluding carboxylic acids is 2. The van der Waals surface area contributed by atoms with Gasteiger partial charge in [0.1, 0.15) is 17.3 Å². The zero-order valence-electron chi connectivity index (χ0n) is 13.3. The molecule has 2 bridgehead atoms. The van der Waals surface area contributed by atoms with Gasteiger partial charge in [0, 0.05) is 11.8 Å². The first kappa shape index (κ1) is 15.3. The summed E-state index contributed by atoms with van der Waals surface area (Å²) in [4.78, 5) is 25.8. The predicted molar refractivity (Wildman–Crippen MR) is 76.8 cm³/mol. The zero-order valence-corrected chi connectivity index (χ0v) is 13.3. The highest BCUT2D eigenvalue weighted by molar-refractivity contribution is 5.83. The molecule has 1 heterocycles. The SMILES string of the molecule is COC(=O)[C@@H]1[C@H]2[C@H]3C=C[C@H](C3)[C@@]2(F)CN1C(=O)OC(C)(C)C. The summed E-state index contributed by atoms with van der Waals surface area (Å²) in [5, 5.41) is 0. The number of hydrogen-bond donors (Lipinski definition) is 0. The van der Waals surface area contributed by atoms with E-state index in [2.05, 4.69) is 0 Å². The number of nitrogens with zero attached hydrogens (tertiary/aromatic N) is 1. The Morgan fingerprint density at radius 2 is 2.00 bits per heavy atom. The molecule has 2 aliphatic carbocycles. The van der Waals surface area contributed by atoms with Crippen molar-refractivity contribution in [1.29, 1.82) is 0 Å². The van der Waals surface area contributed by atoms with Gasteiger partial charge in [0.15, 0.2) is 0 Å². The van der Waals surface area contributed by atoms with E-state index in [0.717, 1.165) is 0 Å². The van der Waals surface area contributed by atoms with Gasteiger partial charge >= 0.3 is 12.1 Å². The van der Waals surface area contributed by atoms with Crippen LogP contribution in [0.1, 0.15) is 27.2 Å². The van der Waals surface area contributed by atoms with Crippen LogP contribution >= 0.6 is 0 Å². The first-order chi connectivity index (χ1) is 10.2. The third-order valence-corrected chi connectivity index (χ3v) is 4.91. The fourth-order valence-electron chi connectivity index (χ4n) is 4.12. The molecule has 3 aliphatic rings. The van der Waals surface area contributed by atoms with Crippen LogP contribution in [0.25, 0.3) is 0 Å². The fraction of sp³-hybridized carbons (Fsp3) is 0.750. The highest BCUT2D eigenvalue weighted by atomic mass is 19.1. The molecule has 22 heavy (non-hydrogen) atoms. The molecular weight excluding hydrogens is 289 g/mol. The summed E-state index contributed by atoms with van der Waals surface area (Å²) in [6, 6.07) is -0.912. The van der Waals surface area contributed by atoms with Crippen molar-refractivity contribution in [3.05, 3.63) is 12.2 Å². The lowest BCUT2D eigenvalue weighted by atomic mass is 9.79. The van der Waals surface area contributed by atoms with E-state index in [0.29, 0.717) is 6.42 Å². The number of methoxy groups -OCH3 is 1. The van der Waals surface area contributed by atoms with Gasteiger partial charge in [-0.1, -0.05) is 12.2 Å². The lowest BCUT2D eigenvalue weighted by Crippen LogP contribution is -2.47. The number of ether oxygens (including phenoxy) is 2. The zero-order chi connectivity index (χ0) is 16.3. The Kier molecular flexibility index (Phi) is 3.27. The average molecular weight is 311 g/mol. The number of fused-ring (bicyclic) bond motifs is 5. The molecule has 1 amide bonds. The predicted octanol–water partition coefficient (Wildman–Crippen LogP) is 2.31. The minimum Gasteiger partial charge on any atom is -0.467 e. The summed E-state index contributed by atoms with van der Waals surface area (Å²) in [6.07, 6.45) is 3.88. The van der Waals surface area contributed by atoms with E-state index in [1.54, 1.807) is 20.8 Å². The minimum absolute atomic E-state index is 0.0217. The van der Waals surface area contributed by atoms with Crippen molar-refractivity contribution in [2.24, 2.45) is 17.8 Å². The number of allylic oxidation sites excluding steroid dienone is 2.